The molecule has 0 radical (unpaired) electrons. The summed E-state index contributed by atoms with van der Waals surface area (Å²) in [6.07, 6.45) is 0. The molecule has 0 fully saturated rings. The summed E-state index contributed by atoms with van der Waals surface area (Å²) in [5, 5.41) is 15.2. The van der Waals surface area contributed by atoms with Crippen LogP contribution < -0.4 is 5.32 Å². The first-order valence-corrected chi connectivity index (χ1v) is 7.47. The molecule has 1 aromatic heterocycles. The second kappa shape index (κ2) is 6.07. The van der Waals surface area contributed by atoms with E-state index >= 15 is 0 Å². The third kappa shape index (κ3) is 2.89. The molecule has 0 bridgehead atoms. The Morgan fingerprint density at radius 1 is 1.50 bits per heavy atom. The second-order valence-electron chi connectivity index (χ2n) is 3.83. The lowest BCUT2D eigenvalue weighted by Crippen LogP contribution is -2.21. The number of aromatic nitrogens is 4. The van der Waals surface area contributed by atoms with Crippen molar-refractivity contribution in [1.82, 2.24) is 25.5 Å². The first kappa shape index (κ1) is 13.9. The minimum absolute atomic E-state index is 0.117. The molecule has 0 saturated heterocycles. The van der Waals surface area contributed by atoms with Crippen molar-refractivity contribution in [2.24, 2.45) is 0 Å². The molecule has 2 aromatic rings. The molecule has 0 aliphatic heterocycles. The van der Waals surface area contributed by atoms with Crippen LogP contribution in [-0.4, -0.2) is 26.8 Å². The molecule has 18 heavy (non-hydrogen) atoms. The molecule has 0 amide bonds. The second-order valence-corrected chi connectivity index (χ2v) is 5.84. The topological polar surface area (TPSA) is 55.6 Å². The molecular formula is C11H13BrIN5. The van der Waals surface area contributed by atoms with E-state index in [0.717, 1.165) is 26.1 Å². The van der Waals surface area contributed by atoms with Crippen molar-refractivity contribution in [1.29, 1.82) is 0 Å². The third-order valence-corrected chi connectivity index (χ3v) is 4.86. The molecule has 0 spiro atoms. The van der Waals surface area contributed by atoms with Gasteiger partial charge in [-0.25, -0.2) is 0 Å². The van der Waals surface area contributed by atoms with Gasteiger partial charge in [0.15, 0.2) is 5.82 Å². The van der Waals surface area contributed by atoms with E-state index in [4.69, 9.17) is 0 Å². The number of halogens is 2. The molecule has 1 heterocycles. The molecule has 5 nitrogen and oxygen atoms in total. The van der Waals surface area contributed by atoms with Gasteiger partial charge < -0.3 is 5.32 Å². The highest BCUT2D eigenvalue weighted by atomic mass is 127. The number of tetrazole rings is 1. The fourth-order valence-corrected chi connectivity index (χ4v) is 2.41. The monoisotopic (exact) mass is 421 g/mol. The van der Waals surface area contributed by atoms with Gasteiger partial charge in [-0.15, -0.1) is 5.10 Å². The average molecular weight is 422 g/mol. The van der Waals surface area contributed by atoms with Crippen LogP contribution in [-0.2, 0) is 0 Å². The fourth-order valence-electron chi connectivity index (χ4n) is 1.66. The largest absolute Gasteiger partial charge is 0.308 e. The number of hydrogen-bond donors (Lipinski definition) is 1. The molecule has 1 N–H and O–H groups in total. The smallest absolute Gasteiger partial charge is 0.173 e. The van der Waals surface area contributed by atoms with E-state index in [-0.39, 0.29) is 6.04 Å². The van der Waals surface area contributed by atoms with Crippen LogP contribution in [0.3, 0.4) is 0 Å². The zero-order valence-electron chi connectivity index (χ0n) is 10.1. The standard InChI is InChI=1S/C11H13BrIN5/c1-3-14-7(2)11-15-16-17-18(11)8-4-5-9(12)10(13)6-8/h4-7,14H,3H2,1-2H3. The Bertz CT molecular complexity index is 542. The van der Waals surface area contributed by atoms with Crippen molar-refractivity contribution >= 4 is 38.5 Å². The van der Waals surface area contributed by atoms with Crippen LogP contribution in [0, 0.1) is 3.57 Å². The summed E-state index contributed by atoms with van der Waals surface area (Å²) in [4.78, 5) is 0. The van der Waals surface area contributed by atoms with Crippen LogP contribution in [0.4, 0.5) is 0 Å². The van der Waals surface area contributed by atoms with Gasteiger partial charge >= 0.3 is 0 Å². The van der Waals surface area contributed by atoms with Crippen molar-refractivity contribution in [3.8, 4) is 5.69 Å². The molecule has 1 unspecified atom stereocenters. The predicted octanol–water partition coefficient (Wildman–Crippen LogP) is 2.70. The quantitative estimate of drug-likeness (QED) is 0.771. The van der Waals surface area contributed by atoms with Crippen molar-refractivity contribution in [3.63, 3.8) is 0 Å². The van der Waals surface area contributed by atoms with Crippen molar-refractivity contribution in [3.05, 3.63) is 32.1 Å². The summed E-state index contributed by atoms with van der Waals surface area (Å²) in [5.74, 6) is 0.815. The summed E-state index contributed by atoms with van der Waals surface area (Å²) in [5.41, 5.74) is 0.965. The summed E-state index contributed by atoms with van der Waals surface area (Å²) in [6, 6.07) is 6.15. The highest BCUT2D eigenvalue weighted by Crippen LogP contribution is 2.23. The summed E-state index contributed by atoms with van der Waals surface area (Å²) in [7, 11) is 0. The van der Waals surface area contributed by atoms with E-state index in [9.17, 15) is 0 Å². The van der Waals surface area contributed by atoms with Gasteiger partial charge in [-0.05, 0) is 80.6 Å². The molecule has 7 heteroatoms. The molecular weight excluding hydrogens is 409 g/mol. The minimum atomic E-state index is 0.117. The third-order valence-electron chi connectivity index (χ3n) is 2.54. The van der Waals surface area contributed by atoms with E-state index in [1.165, 1.54) is 0 Å². The zero-order valence-corrected chi connectivity index (χ0v) is 13.8. The zero-order chi connectivity index (χ0) is 13.1. The van der Waals surface area contributed by atoms with Gasteiger partial charge in [-0.2, -0.15) is 4.68 Å². The van der Waals surface area contributed by atoms with Crippen molar-refractivity contribution in [2.75, 3.05) is 6.54 Å². The first-order valence-electron chi connectivity index (χ1n) is 5.60. The van der Waals surface area contributed by atoms with Crippen LogP contribution in [0.5, 0.6) is 0 Å². The Morgan fingerprint density at radius 2 is 2.28 bits per heavy atom. The van der Waals surface area contributed by atoms with Gasteiger partial charge in [-0.1, -0.05) is 6.92 Å². The maximum atomic E-state index is 4.09. The number of nitrogens with zero attached hydrogens (tertiary/aromatic N) is 4. The van der Waals surface area contributed by atoms with E-state index in [2.05, 4.69) is 73.2 Å². The number of rotatable bonds is 4. The lowest BCUT2D eigenvalue weighted by Gasteiger charge is -2.12. The highest BCUT2D eigenvalue weighted by molar-refractivity contribution is 14.1. The van der Waals surface area contributed by atoms with Gasteiger partial charge in [0.25, 0.3) is 0 Å². The minimum Gasteiger partial charge on any atom is -0.308 e. The Balaban J connectivity index is 2.39. The fraction of sp³-hybridized carbons (Fsp3) is 0.364. The number of benzene rings is 1. The highest BCUT2D eigenvalue weighted by Gasteiger charge is 2.15. The lowest BCUT2D eigenvalue weighted by atomic mass is 10.3. The van der Waals surface area contributed by atoms with E-state index in [1.807, 2.05) is 18.2 Å². The van der Waals surface area contributed by atoms with Gasteiger partial charge in [0.1, 0.15) is 0 Å². The first-order chi connectivity index (χ1) is 8.63. The number of hydrogen-bond acceptors (Lipinski definition) is 4. The normalized spacial score (nSPS) is 12.7. The van der Waals surface area contributed by atoms with Crippen LogP contribution in [0.1, 0.15) is 25.7 Å². The van der Waals surface area contributed by atoms with Crippen LogP contribution >= 0.6 is 38.5 Å². The summed E-state index contributed by atoms with van der Waals surface area (Å²) in [6.45, 7) is 4.99. The summed E-state index contributed by atoms with van der Waals surface area (Å²) < 4.78 is 3.96. The van der Waals surface area contributed by atoms with Crippen LogP contribution in [0.15, 0.2) is 22.7 Å². The SMILES string of the molecule is CCNC(C)c1nnnn1-c1ccc(Br)c(I)c1. The van der Waals surface area contributed by atoms with Crippen LogP contribution in [0.25, 0.3) is 5.69 Å². The van der Waals surface area contributed by atoms with Crippen LogP contribution in [0.2, 0.25) is 0 Å². The van der Waals surface area contributed by atoms with Crippen molar-refractivity contribution < 1.29 is 0 Å². The molecule has 0 aliphatic carbocycles. The van der Waals surface area contributed by atoms with Gasteiger partial charge in [-0.3, -0.25) is 0 Å². The Hall–Kier alpha value is -0.540. The maximum Gasteiger partial charge on any atom is 0.173 e. The summed E-state index contributed by atoms with van der Waals surface area (Å²) >= 11 is 5.76. The molecule has 1 aromatic carbocycles. The molecule has 96 valence electrons. The molecule has 0 saturated carbocycles. The van der Waals surface area contributed by atoms with Gasteiger partial charge in [0, 0.05) is 8.04 Å². The average Bonchev–Trinajstić information content (AvgIpc) is 2.82. The Kier molecular flexibility index (Phi) is 4.68. The lowest BCUT2D eigenvalue weighted by molar-refractivity contribution is 0.550. The Morgan fingerprint density at radius 3 is 2.94 bits per heavy atom. The van der Waals surface area contributed by atoms with E-state index in [1.54, 1.807) is 4.68 Å². The predicted molar refractivity (Wildman–Crippen MR) is 81.7 cm³/mol. The Labute approximate surface area is 128 Å². The van der Waals surface area contributed by atoms with Gasteiger partial charge in [0.05, 0.1) is 11.7 Å². The van der Waals surface area contributed by atoms with Gasteiger partial charge in [0.2, 0.25) is 0 Å². The van der Waals surface area contributed by atoms with E-state index in [0.29, 0.717) is 0 Å². The molecule has 1 atom stereocenters. The number of nitrogens with one attached hydrogen (secondary N) is 1. The van der Waals surface area contributed by atoms with Crippen molar-refractivity contribution in [2.45, 2.75) is 19.9 Å². The maximum absolute atomic E-state index is 4.09. The van der Waals surface area contributed by atoms with E-state index < -0.39 is 0 Å². The molecule has 2 rings (SSSR count). The molecule has 0 aliphatic rings.